The van der Waals surface area contributed by atoms with Crippen LogP contribution in [0, 0.1) is 40.9 Å². The fourth-order valence-electron chi connectivity index (χ4n) is 11.2. The lowest BCUT2D eigenvalue weighted by Crippen LogP contribution is -2.41. The molecule has 0 bridgehead atoms. The van der Waals surface area contributed by atoms with Crippen LogP contribution in [0.1, 0.15) is 162 Å². The van der Waals surface area contributed by atoms with Crippen LogP contribution in [-0.2, 0) is 38.4 Å². The lowest BCUT2D eigenvalue weighted by molar-refractivity contribution is -0.338. The maximum Gasteiger partial charge on any atom is 0.310 e. The van der Waals surface area contributed by atoms with Gasteiger partial charge in [-0.1, -0.05) is 26.7 Å². The van der Waals surface area contributed by atoms with E-state index in [-0.39, 0.29) is 36.6 Å². The van der Waals surface area contributed by atoms with Crippen LogP contribution in [0.3, 0.4) is 0 Å². The van der Waals surface area contributed by atoms with Gasteiger partial charge in [0.1, 0.15) is 6.10 Å². The largest absolute Gasteiger partial charge is 0.481 e. The first kappa shape index (κ1) is 41.8. The summed E-state index contributed by atoms with van der Waals surface area (Å²) in [6.07, 6.45) is 21.4. The van der Waals surface area contributed by atoms with E-state index < -0.39 is 35.8 Å². The summed E-state index contributed by atoms with van der Waals surface area (Å²) in [7, 11) is 0. The number of aliphatic hydroxyl groups excluding tert-OH is 1. The number of hydrogen-bond acceptors (Lipinski definition) is 9. The van der Waals surface area contributed by atoms with E-state index in [1.807, 2.05) is 0 Å². The number of ether oxygens (including phenoxy) is 3. The molecule has 3 N–H and O–H groups in total. The predicted molar refractivity (Wildman–Crippen MR) is 200 cm³/mol. The van der Waals surface area contributed by atoms with Crippen LogP contribution in [0.15, 0.2) is 0 Å². The fourth-order valence-corrected chi connectivity index (χ4v) is 11.2. The number of rotatable bonds is 14. The monoisotopic (exact) mass is 762 g/mol. The minimum atomic E-state index is -1.03. The Balaban J connectivity index is 0.826. The standard InChI is InChI=1S/C43H70O11/c1-43(2,29-9-14-32(15-10-29)52-34-20-22-36(23-21-34)54-50-26-27-5-3-4-6-37(27)40(45)46)28-7-12-31(13-8-28)51-33-16-18-35(19-17-33)53-42(49)38-24-11-30(44)25-39(38)41(47)48/h27-39,44H,3-26H2,1-2H3,(H,45,46)(H,47,48). The molecular formula is C43H70O11. The van der Waals surface area contributed by atoms with Crippen LogP contribution >= 0.6 is 0 Å². The molecule has 0 aromatic carbocycles. The fraction of sp³-hybridized carbons (Fsp3) is 0.930. The normalized spacial score (nSPS) is 39.7. The third-order valence-electron chi connectivity index (χ3n) is 14.9. The third kappa shape index (κ3) is 11.2. The van der Waals surface area contributed by atoms with Gasteiger partial charge in [-0.05, 0) is 158 Å². The lowest BCUT2D eigenvalue weighted by atomic mass is 9.60. The van der Waals surface area contributed by atoms with Crippen LogP contribution in [0.25, 0.3) is 0 Å². The van der Waals surface area contributed by atoms with E-state index in [9.17, 15) is 29.7 Å². The number of carboxylic acids is 2. The van der Waals surface area contributed by atoms with Crippen molar-refractivity contribution in [1.29, 1.82) is 0 Å². The van der Waals surface area contributed by atoms with Gasteiger partial charge in [-0.15, -0.1) is 0 Å². The number of carboxylic acid groups (broad SMARTS) is 2. The molecule has 0 amide bonds. The number of aliphatic hydroxyl groups is 1. The van der Waals surface area contributed by atoms with Crippen molar-refractivity contribution in [2.45, 2.75) is 204 Å². The van der Waals surface area contributed by atoms with Crippen LogP contribution in [0.2, 0.25) is 0 Å². The van der Waals surface area contributed by atoms with Crippen molar-refractivity contribution in [3.63, 3.8) is 0 Å². The number of esters is 1. The predicted octanol–water partition coefficient (Wildman–Crippen LogP) is 8.03. The second-order valence-corrected chi connectivity index (χ2v) is 18.7. The second kappa shape index (κ2) is 19.6. The summed E-state index contributed by atoms with van der Waals surface area (Å²) in [5, 5.41) is 29.0. The Morgan fingerprint density at radius 3 is 1.52 bits per heavy atom. The minimum Gasteiger partial charge on any atom is -0.481 e. The van der Waals surface area contributed by atoms with Crippen molar-refractivity contribution in [1.82, 2.24) is 0 Å². The summed E-state index contributed by atoms with van der Waals surface area (Å²) < 4.78 is 19.1. The molecule has 6 aliphatic carbocycles. The summed E-state index contributed by atoms with van der Waals surface area (Å²) >= 11 is 0. The van der Waals surface area contributed by atoms with Gasteiger partial charge < -0.3 is 29.5 Å². The van der Waals surface area contributed by atoms with Crippen molar-refractivity contribution < 1.29 is 53.7 Å². The van der Waals surface area contributed by atoms with Crippen molar-refractivity contribution >= 4 is 17.9 Å². The third-order valence-corrected chi connectivity index (χ3v) is 14.9. The second-order valence-electron chi connectivity index (χ2n) is 18.7. The Labute approximate surface area is 322 Å². The smallest absolute Gasteiger partial charge is 0.310 e. The molecule has 0 saturated heterocycles. The first-order valence-electron chi connectivity index (χ1n) is 21.9. The molecule has 308 valence electrons. The lowest BCUT2D eigenvalue weighted by Gasteiger charge is -2.47. The molecule has 0 aromatic rings. The zero-order valence-electron chi connectivity index (χ0n) is 33.1. The minimum absolute atomic E-state index is 0.0490. The zero-order chi connectivity index (χ0) is 38.2. The van der Waals surface area contributed by atoms with E-state index in [4.69, 9.17) is 24.0 Å². The topological polar surface area (TPSA) is 158 Å². The van der Waals surface area contributed by atoms with Crippen LogP contribution in [0.5, 0.6) is 0 Å². The van der Waals surface area contributed by atoms with Gasteiger partial charge in [-0.3, -0.25) is 14.4 Å². The van der Waals surface area contributed by atoms with Gasteiger partial charge in [0.05, 0.1) is 61.0 Å². The van der Waals surface area contributed by atoms with Gasteiger partial charge in [0.2, 0.25) is 0 Å². The summed E-state index contributed by atoms with van der Waals surface area (Å²) in [5.74, 6) is -2.53. The van der Waals surface area contributed by atoms with E-state index in [2.05, 4.69) is 13.8 Å². The first-order chi connectivity index (χ1) is 26.0. The number of carbonyl (C=O) groups excluding carboxylic acids is 1. The van der Waals surface area contributed by atoms with E-state index in [0.29, 0.717) is 55.0 Å². The molecule has 11 heteroatoms. The Kier molecular flexibility index (Phi) is 15.2. The van der Waals surface area contributed by atoms with Crippen molar-refractivity contribution in [2.24, 2.45) is 40.9 Å². The Morgan fingerprint density at radius 2 is 1.00 bits per heavy atom. The molecule has 0 aromatic heterocycles. The molecule has 5 atom stereocenters. The summed E-state index contributed by atoms with van der Waals surface area (Å²) in [6.45, 7) is 5.38. The molecule has 6 saturated carbocycles. The van der Waals surface area contributed by atoms with Gasteiger partial charge >= 0.3 is 17.9 Å². The maximum absolute atomic E-state index is 12.9. The van der Waals surface area contributed by atoms with E-state index in [1.54, 1.807) is 0 Å². The van der Waals surface area contributed by atoms with Gasteiger partial charge in [-0.25, -0.2) is 9.78 Å². The van der Waals surface area contributed by atoms with Crippen LogP contribution in [-0.4, -0.2) is 82.6 Å². The Hall–Kier alpha value is -1.79. The van der Waals surface area contributed by atoms with Crippen molar-refractivity contribution in [3.8, 4) is 0 Å². The summed E-state index contributed by atoms with van der Waals surface area (Å²) in [5.41, 5.74) is 0.297. The average Bonchev–Trinajstić information content (AvgIpc) is 3.17. The van der Waals surface area contributed by atoms with Gasteiger partial charge in [-0.2, -0.15) is 0 Å². The molecule has 6 rings (SSSR count). The highest BCUT2D eigenvalue weighted by atomic mass is 17.2. The molecule has 0 aliphatic heterocycles. The molecule has 6 aliphatic rings. The Bertz CT molecular complexity index is 1190. The van der Waals surface area contributed by atoms with Gasteiger partial charge in [0.15, 0.2) is 0 Å². The summed E-state index contributed by atoms with van der Waals surface area (Å²) in [4.78, 5) is 47.5. The quantitative estimate of drug-likeness (QED) is 0.0894. The Morgan fingerprint density at radius 1 is 0.537 bits per heavy atom. The highest BCUT2D eigenvalue weighted by Gasteiger charge is 2.43. The SMILES string of the molecule is CC(C)(C1CCC(OC2CCC(OOCC3CCCCC3C(=O)O)CC2)CC1)C1CCC(OC2CCC(OC(=O)C3CCC(O)CC3C(=O)O)CC2)CC1. The molecule has 54 heavy (non-hydrogen) atoms. The molecule has 6 fully saturated rings. The van der Waals surface area contributed by atoms with Crippen LogP contribution < -0.4 is 0 Å². The van der Waals surface area contributed by atoms with Gasteiger partial charge in [0, 0.05) is 0 Å². The molecular weight excluding hydrogens is 692 g/mol. The van der Waals surface area contributed by atoms with E-state index in [0.717, 1.165) is 103 Å². The summed E-state index contributed by atoms with van der Waals surface area (Å²) in [6, 6.07) is 0. The number of aliphatic carboxylic acids is 2. The highest BCUT2D eigenvalue weighted by molar-refractivity contribution is 5.81. The van der Waals surface area contributed by atoms with Gasteiger partial charge in [0.25, 0.3) is 0 Å². The van der Waals surface area contributed by atoms with Crippen molar-refractivity contribution in [3.05, 3.63) is 0 Å². The highest BCUT2D eigenvalue weighted by Crippen LogP contribution is 2.49. The van der Waals surface area contributed by atoms with E-state index >= 15 is 0 Å². The number of hydrogen-bond donors (Lipinski definition) is 3. The molecule has 0 heterocycles. The maximum atomic E-state index is 12.9. The van der Waals surface area contributed by atoms with Crippen molar-refractivity contribution in [2.75, 3.05) is 6.61 Å². The molecule has 0 spiro atoms. The van der Waals surface area contributed by atoms with E-state index in [1.165, 1.54) is 25.7 Å². The molecule has 0 radical (unpaired) electrons. The number of carbonyl (C=O) groups is 3. The zero-order valence-corrected chi connectivity index (χ0v) is 33.1. The first-order valence-corrected chi connectivity index (χ1v) is 21.9. The van der Waals surface area contributed by atoms with Crippen LogP contribution in [0.4, 0.5) is 0 Å². The molecule has 5 unspecified atom stereocenters. The molecule has 11 nitrogen and oxygen atoms in total. The average molecular weight is 763 g/mol.